The van der Waals surface area contributed by atoms with Crippen LogP contribution in [0.1, 0.15) is 48.9 Å². The zero-order valence-corrected chi connectivity index (χ0v) is 20.2. The third-order valence-corrected chi connectivity index (χ3v) is 8.54. The number of likely N-dealkylation sites (N-methyl/N-ethyl adjacent to an activating group) is 1. The Kier molecular flexibility index (Phi) is 4.86. The van der Waals surface area contributed by atoms with E-state index in [1.807, 2.05) is 18.7 Å². The molecule has 0 aliphatic carbocycles. The molecular weight excluding hydrogens is 447 g/mol. The minimum absolute atomic E-state index is 0.0257. The van der Waals surface area contributed by atoms with Crippen molar-refractivity contribution in [2.24, 2.45) is 0 Å². The molecule has 0 radical (unpaired) electrons. The molecule has 0 N–H and O–H groups in total. The second-order valence-electron chi connectivity index (χ2n) is 10.3. The molecule has 1 aromatic carbocycles. The van der Waals surface area contributed by atoms with Gasteiger partial charge in [-0.15, -0.1) is 0 Å². The van der Waals surface area contributed by atoms with Crippen molar-refractivity contribution >= 4 is 5.91 Å². The van der Waals surface area contributed by atoms with Crippen molar-refractivity contribution in [3.8, 4) is 11.5 Å². The van der Waals surface area contributed by atoms with Gasteiger partial charge in [0.25, 0.3) is 5.91 Å². The van der Waals surface area contributed by atoms with Gasteiger partial charge in [-0.25, -0.2) is 0 Å². The highest BCUT2D eigenvalue weighted by Crippen LogP contribution is 2.70. The van der Waals surface area contributed by atoms with E-state index in [9.17, 15) is 18.0 Å². The largest absolute Gasteiger partial charge is 0.493 e. The van der Waals surface area contributed by atoms with Gasteiger partial charge in [-0.2, -0.15) is 13.2 Å². The first-order valence-corrected chi connectivity index (χ1v) is 11.7. The van der Waals surface area contributed by atoms with Crippen LogP contribution in [-0.2, 0) is 18.3 Å². The van der Waals surface area contributed by atoms with E-state index in [2.05, 4.69) is 14.0 Å². The van der Waals surface area contributed by atoms with Crippen molar-refractivity contribution < 1.29 is 31.9 Å². The summed E-state index contributed by atoms with van der Waals surface area (Å²) in [6.45, 7) is 7.87. The number of fused-ring (bicyclic) bond motifs is 2. The van der Waals surface area contributed by atoms with E-state index in [4.69, 9.17) is 9.47 Å². The number of ether oxygens (including phenoxy) is 2. The van der Waals surface area contributed by atoms with Crippen LogP contribution in [0.4, 0.5) is 13.2 Å². The van der Waals surface area contributed by atoms with E-state index in [1.54, 1.807) is 31.4 Å². The van der Waals surface area contributed by atoms with Crippen LogP contribution in [0.5, 0.6) is 11.5 Å². The molecule has 2 aromatic rings. The summed E-state index contributed by atoms with van der Waals surface area (Å²) in [6.07, 6.45) is -3.77. The highest BCUT2D eigenvalue weighted by atomic mass is 19.4. The number of alkyl halides is 3. The molecule has 3 aliphatic heterocycles. The Morgan fingerprint density at radius 2 is 1.88 bits per heavy atom. The van der Waals surface area contributed by atoms with Gasteiger partial charge in [-0.1, -0.05) is 0 Å². The monoisotopic (exact) mass is 478 g/mol. The fourth-order valence-electron chi connectivity index (χ4n) is 6.80. The van der Waals surface area contributed by atoms with Crippen molar-refractivity contribution in [1.29, 1.82) is 0 Å². The topological polar surface area (TPSA) is 43.7 Å². The highest BCUT2D eigenvalue weighted by Gasteiger charge is 2.89. The summed E-state index contributed by atoms with van der Waals surface area (Å²) < 4.78 is 54.1. The van der Waals surface area contributed by atoms with E-state index in [-0.39, 0.29) is 17.6 Å². The van der Waals surface area contributed by atoms with E-state index in [0.717, 1.165) is 5.69 Å². The van der Waals surface area contributed by atoms with Gasteiger partial charge in [0.1, 0.15) is 5.69 Å². The Balaban J connectivity index is 1.43. The third-order valence-electron chi connectivity index (χ3n) is 8.54. The molecule has 5 rings (SSSR count). The van der Waals surface area contributed by atoms with Crippen molar-refractivity contribution in [3.05, 3.63) is 47.3 Å². The van der Waals surface area contributed by atoms with Crippen LogP contribution in [-0.4, -0.2) is 65.3 Å². The van der Waals surface area contributed by atoms with Crippen LogP contribution < -0.4 is 9.47 Å². The Morgan fingerprint density at radius 3 is 2.53 bits per heavy atom. The number of piperidine rings is 1. The number of aromatic nitrogens is 1. The van der Waals surface area contributed by atoms with E-state index >= 15 is 0 Å². The standard InChI is InChI=1S/C25H31F3N3O3/c1-16(2)34-18-7-6-17(14-19(18)33-5)22(32)29-11-10-24-20-8-9-21(25(26,27)28)30(20)12-13-31(24,4)23(24,3)15-29/h6-9,14,16H,10-13,15H2,1-5H3/q+1/t23-,24-,31?/m1/s1. The molecule has 34 heavy (non-hydrogen) atoms. The summed E-state index contributed by atoms with van der Waals surface area (Å²) in [7, 11) is 3.67. The van der Waals surface area contributed by atoms with E-state index in [0.29, 0.717) is 54.1 Å². The quantitative estimate of drug-likeness (QED) is 0.487. The van der Waals surface area contributed by atoms with Crippen molar-refractivity contribution in [3.63, 3.8) is 0 Å². The average Bonchev–Trinajstić information content (AvgIpc) is 3.03. The Hall–Kier alpha value is -2.68. The van der Waals surface area contributed by atoms with Gasteiger partial charge in [0.15, 0.2) is 22.6 Å². The fourth-order valence-corrected chi connectivity index (χ4v) is 6.80. The zero-order chi connectivity index (χ0) is 24.7. The summed E-state index contributed by atoms with van der Waals surface area (Å²) >= 11 is 0. The van der Waals surface area contributed by atoms with Gasteiger partial charge in [0.05, 0.1) is 45.6 Å². The molecule has 184 valence electrons. The minimum Gasteiger partial charge on any atom is -0.493 e. The molecular formula is C25H31F3N3O3+. The average molecular weight is 479 g/mol. The van der Waals surface area contributed by atoms with Gasteiger partial charge in [-0.3, -0.25) is 9.28 Å². The maximum atomic E-state index is 13.6. The van der Waals surface area contributed by atoms with Crippen LogP contribution in [0.25, 0.3) is 0 Å². The SMILES string of the molecule is COc1cc(C(=O)N2CC[C@]34c5ccc(C(F)(F)F)n5CC[N+]3(C)[C@]4(C)C2)ccc1OC(C)C. The molecule has 2 fully saturated rings. The predicted molar refractivity (Wildman–Crippen MR) is 120 cm³/mol. The van der Waals surface area contributed by atoms with Crippen LogP contribution in [0, 0.1) is 0 Å². The number of benzene rings is 1. The second kappa shape index (κ2) is 7.16. The summed E-state index contributed by atoms with van der Waals surface area (Å²) in [5.41, 5.74) is -0.0671. The molecule has 2 saturated heterocycles. The zero-order valence-electron chi connectivity index (χ0n) is 20.2. The van der Waals surface area contributed by atoms with Gasteiger partial charge in [-0.05, 0) is 51.1 Å². The number of nitrogens with zero attached hydrogens (tertiary/aromatic N) is 3. The van der Waals surface area contributed by atoms with Crippen LogP contribution >= 0.6 is 0 Å². The summed E-state index contributed by atoms with van der Waals surface area (Å²) in [6, 6.07) is 8.05. The number of amides is 1. The van der Waals surface area contributed by atoms with Gasteiger partial charge >= 0.3 is 6.18 Å². The number of carbonyl (C=O) groups excluding carboxylic acids is 1. The maximum Gasteiger partial charge on any atom is 0.431 e. The predicted octanol–water partition coefficient (Wildman–Crippen LogP) is 4.28. The molecule has 6 nitrogen and oxygen atoms in total. The first-order chi connectivity index (χ1) is 15.9. The number of halogens is 3. The molecule has 0 bridgehead atoms. The number of quaternary nitrogens is 1. The molecule has 1 unspecified atom stereocenters. The Bertz CT molecular complexity index is 1160. The molecule has 3 atom stereocenters. The fraction of sp³-hybridized carbons (Fsp3) is 0.560. The van der Waals surface area contributed by atoms with E-state index in [1.165, 1.54) is 10.6 Å². The molecule has 1 amide bonds. The maximum absolute atomic E-state index is 13.6. The third kappa shape index (κ3) is 2.82. The van der Waals surface area contributed by atoms with E-state index < -0.39 is 17.4 Å². The molecule has 0 saturated carbocycles. The molecule has 3 aliphatic rings. The lowest BCUT2D eigenvalue weighted by Gasteiger charge is -2.32. The first kappa shape index (κ1) is 23.1. The number of hydrogen-bond acceptors (Lipinski definition) is 3. The lowest BCUT2D eigenvalue weighted by Crippen LogP contribution is -2.47. The van der Waals surface area contributed by atoms with Crippen molar-refractivity contribution in [2.75, 3.05) is 33.8 Å². The molecule has 9 heteroatoms. The summed E-state index contributed by atoms with van der Waals surface area (Å²) in [5, 5.41) is 0. The normalized spacial score (nSPS) is 29.9. The molecule has 1 aromatic heterocycles. The first-order valence-electron chi connectivity index (χ1n) is 11.7. The number of likely N-dealkylation sites (tertiary alicyclic amines) is 1. The number of rotatable bonds is 4. The smallest absolute Gasteiger partial charge is 0.431 e. The number of hydrogen-bond donors (Lipinski definition) is 0. The van der Waals surface area contributed by atoms with Gasteiger partial charge in [0.2, 0.25) is 0 Å². The number of methoxy groups -OCH3 is 1. The Labute approximate surface area is 197 Å². The van der Waals surface area contributed by atoms with Gasteiger partial charge < -0.3 is 18.9 Å². The minimum atomic E-state index is -4.37. The van der Waals surface area contributed by atoms with Gasteiger partial charge in [0, 0.05) is 18.5 Å². The van der Waals surface area contributed by atoms with Crippen LogP contribution in [0.3, 0.4) is 0 Å². The van der Waals surface area contributed by atoms with Crippen molar-refractivity contribution in [1.82, 2.24) is 9.47 Å². The highest BCUT2D eigenvalue weighted by molar-refractivity contribution is 5.95. The van der Waals surface area contributed by atoms with Crippen LogP contribution in [0.15, 0.2) is 30.3 Å². The summed E-state index contributed by atoms with van der Waals surface area (Å²) in [5.74, 6) is 0.977. The second-order valence-corrected chi connectivity index (χ2v) is 10.3. The lowest BCUT2D eigenvalue weighted by molar-refractivity contribution is -0.840. The number of carbonyl (C=O) groups is 1. The molecule has 4 heterocycles. The van der Waals surface area contributed by atoms with Crippen molar-refractivity contribution in [2.45, 2.75) is 57.1 Å². The summed E-state index contributed by atoms with van der Waals surface area (Å²) in [4.78, 5) is 15.3. The lowest BCUT2D eigenvalue weighted by atomic mass is 9.84. The molecule has 1 spiro atoms. The van der Waals surface area contributed by atoms with Crippen LogP contribution in [0.2, 0.25) is 0 Å². The Morgan fingerprint density at radius 1 is 1.15 bits per heavy atom.